The highest BCUT2D eigenvalue weighted by Crippen LogP contribution is 2.21. The van der Waals surface area contributed by atoms with Crippen LogP contribution < -0.4 is 15.1 Å². The van der Waals surface area contributed by atoms with E-state index in [0.29, 0.717) is 38.4 Å². The Bertz CT molecular complexity index is 880. The summed E-state index contributed by atoms with van der Waals surface area (Å²) in [7, 11) is 1.82. The number of nitrogens with zero attached hydrogens (tertiary/aromatic N) is 4. The fourth-order valence-corrected chi connectivity index (χ4v) is 4.46. The predicted molar refractivity (Wildman–Crippen MR) is 127 cm³/mol. The highest BCUT2D eigenvalue weighted by atomic mass is 19.1. The van der Waals surface area contributed by atoms with Gasteiger partial charge in [0.15, 0.2) is 0 Å². The minimum absolute atomic E-state index is 0.0291. The first kappa shape index (κ1) is 22.7. The molecule has 0 unspecified atom stereocenters. The van der Waals surface area contributed by atoms with Crippen molar-refractivity contribution in [3.63, 3.8) is 0 Å². The van der Waals surface area contributed by atoms with Crippen LogP contribution in [0.15, 0.2) is 42.6 Å². The van der Waals surface area contributed by atoms with Crippen LogP contribution >= 0.6 is 0 Å². The lowest BCUT2D eigenvalue weighted by molar-refractivity contribution is -0.117. The maximum Gasteiger partial charge on any atom is 0.231 e. The molecule has 1 aromatic heterocycles. The van der Waals surface area contributed by atoms with Gasteiger partial charge >= 0.3 is 0 Å². The van der Waals surface area contributed by atoms with Gasteiger partial charge in [-0.25, -0.2) is 9.37 Å². The molecule has 2 aromatic rings. The van der Waals surface area contributed by atoms with Gasteiger partial charge in [-0.1, -0.05) is 18.2 Å². The molecular weight excluding hydrogens is 405 g/mol. The first-order valence-corrected chi connectivity index (χ1v) is 11.6. The highest BCUT2D eigenvalue weighted by molar-refractivity contribution is 5.94. The molecule has 7 heteroatoms. The van der Waals surface area contributed by atoms with Gasteiger partial charge in [-0.15, -0.1) is 0 Å². The first-order chi connectivity index (χ1) is 15.5. The lowest BCUT2D eigenvalue weighted by Gasteiger charge is -2.31. The average Bonchev–Trinajstić information content (AvgIpc) is 2.80. The second-order valence-corrected chi connectivity index (χ2v) is 9.07. The Kier molecular flexibility index (Phi) is 7.37. The number of amides is 1. The summed E-state index contributed by atoms with van der Waals surface area (Å²) in [5.74, 6) is 0.886. The third-order valence-electron chi connectivity index (χ3n) is 6.47. The van der Waals surface area contributed by atoms with Crippen LogP contribution in [0.5, 0.6) is 0 Å². The molecule has 0 bridgehead atoms. The molecule has 0 saturated carbocycles. The largest absolute Gasteiger partial charge is 0.356 e. The number of hydrogen-bond donors (Lipinski definition) is 1. The number of benzene rings is 1. The van der Waals surface area contributed by atoms with Crippen LogP contribution in [0.4, 0.5) is 15.9 Å². The lowest BCUT2D eigenvalue weighted by Crippen LogP contribution is -2.48. The van der Waals surface area contributed by atoms with Gasteiger partial charge in [-0.05, 0) is 49.1 Å². The minimum Gasteiger partial charge on any atom is -0.356 e. The van der Waals surface area contributed by atoms with Crippen LogP contribution in [-0.2, 0) is 17.8 Å². The van der Waals surface area contributed by atoms with Crippen LogP contribution in [-0.4, -0.2) is 67.8 Å². The number of aromatic nitrogens is 1. The lowest BCUT2D eigenvalue weighted by atomic mass is 10.1. The topological polar surface area (TPSA) is 51.7 Å². The van der Waals surface area contributed by atoms with E-state index in [2.05, 4.69) is 39.2 Å². The summed E-state index contributed by atoms with van der Waals surface area (Å²) in [6.45, 7) is 7.69. The summed E-state index contributed by atoms with van der Waals surface area (Å²) >= 11 is 0. The zero-order chi connectivity index (χ0) is 22.5. The standard InChI is InChI=1S/C25H34FN5O/c1-19-17-30(14-11-27-19)18-20-3-6-23(7-4-20)29(2)25(32)15-21-5-8-24(28-16-21)31-12-9-22(26)10-13-31/h3-8,16,19,22,27H,9-15,17-18H2,1-2H3/t19-/m0/s1. The van der Waals surface area contributed by atoms with Crippen LogP contribution in [0.1, 0.15) is 30.9 Å². The van der Waals surface area contributed by atoms with Gasteiger partial charge in [-0.3, -0.25) is 9.69 Å². The number of nitrogens with one attached hydrogen (secondary N) is 1. The number of pyridine rings is 1. The molecule has 172 valence electrons. The molecule has 3 heterocycles. The number of anilines is 2. The Labute approximate surface area is 190 Å². The van der Waals surface area contributed by atoms with Crippen molar-refractivity contribution in [1.82, 2.24) is 15.2 Å². The van der Waals surface area contributed by atoms with Crippen molar-refractivity contribution in [2.24, 2.45) is 0 Å². The number of piperazine rings is 1. The summed E-state index contributed by atoms with van der Waals surface area (Å²) in [4.78, 5) is 23.6. The van der Waals surface area contributed by atoms with E-state index in [-0.39, 0.29) is 5.91 Å². The number of likely N-dealkylation sites (N-methyl/N-ethyl adjacent to an activating group) is 1. The first-order valence-electron chi connectivity index (χ1n) is 11.6. The molecule has 2 saturated heterocycles. The molecule has 1 atom stereocenters. The summed E-state index contributed by atoms with van der Waals surface area (Å²) in [6.07, 6.45) is 2.48. The maximum absolute atomic E-state index is 13.3. The average molecular weight is 440 g/mol. The van der Waals surface area contributed by atoms with E-state index in [1.54, 1.807) is 11.1 Å². The molecule has 2 aliphatic rings. The normalized spacial score (nSPS) is 20.3. The van der Waals surface area contributed by atoms with E-state index >= 15 is 0 Å². The molecule has 2 fully saturated rings. The molecule has 1 amide bonds. The molecule has 0 aliphatic carbocycles. The molecular formula is C25H34FN5O. The predicted octanol–water partition coefficient (Wildman–Crippen LogP) is 3.02. The van der Waals surface area contributed by atoms with Gasteiger partial charge < -0.3 is 15.1 Å². The minimum atomic E-state index is -0.696. The van der Waals surface area contributed by atoms with Gasteiger partial charge in [0.2, 0.25) is 5.91 Å². The van der Waals surface area contributed by atoms with Crippen molar-refractivity contribution in [3.8, 4) is 0 Å². The van der Waals surface area contributed by atoms with E-state index < -0.39 is 6.17 Å². The SMILES string of the molecule is C[C@H]1CN(Cc2ccc(N(C)C(=O)Cc3ccc(N4CCC(F)CC4)nc3)cc2)CCN1. The van der Waals surface area contributed by atoms with Gasteiger partial charge in [-0.2, -0.15) is 0 Å². The van der Waals surface area contributed by atoms with Crippen molar-refractivity contribution in [1.29, 1.82) is 0 Å². The zero-order valence-corrected chi connectivity index (χ0v) is 19.1. The number of rotatable bonds is 6. The van der Waals surface area contributed by atoms with Gasteiger partial charge in [0.1, 0.15) is 12.0 Å². The second-order valence-electron chi connectivity index (χ2n) is 9.07. The Morgan fingerprint density at radius 3 is 2.50 bits per heavy atom. The van der Waals surface area contributed by atoms with Gasteiger partial charge in [0.05, 0.1) is 6.42 Å². The number of piperidine rings is 1. The Morgan fingerprint density at radius 1 is 1.12 bits per heavy atom. The third-order valence-corrected chi connectivity index (χ3v) is 6.47. The summed E-state index contributed by atoms with van der Waals surface area (Å²) in [5.41, 5.74) is 3.04. The molecule has 0 spiro atoms. The van der Waals surface area contributed by atoms with Crippen molar-refractivity contribution >= 4 is 17.4 Å². The van der Waals surface area contributed by atoms with E-state index in [1.807, 2.05) is 31.3 Å². The quantitative estimate of drug-likeness (QED) is 0.750. The number of alkyl halides is 1. The Hall–Kier alpha value is -2.51. The molecule has 2 aliphatic heterocycles. The van der Waals surface area contributed by atoms with Crippen LogP contribution in [0.2, 0.25) is 0 Å². The monoisotopic (exact) mass is 439 g/mol. The maximum atomic E-state index is 13.3. The summed E-state index contributed by atoms with van der Waals surface area (Å²) in [6, 6.07) is 12.7. The molecule has 32 heavy (non-hydrogen) atoms. The highest BCUT2D eigenvalue weighted by Gasteiger charge is 2.20. The zero-order valence-electron chi connectivity index (χ0n) is 19.1. The fraction of sp³-hybridized carbons (Fsp3) is 0.520. The number of halogens is 1. The molecule has 0 radical (unpaired) electrons. The molecule has 4 rings (SSSR count). The van der Waals surface area contributed by atoms with Crippen LogP contribution in [0, 0.1) is 0 Å². The second kappa shape index (κ2) is 10.4. The Morgan fingerprint density at radius 2 is 1.84 bits per heavy atom. The third kappa shape index (κ3) is 5.84. The fourth-order valence-electron chi connectivity index (χ4n) is 4.46. The number of carbonyl (C=O) groups excluding carboxylic acids is 1. The van der Waals surface area contributed by atoms with E-state index in [1.165, 1.54) is 5.56 Å². The van der Waals surface area contributed by atoms with Gasteiger partial charge in [0, 0.05) is 64.2 Å². The molecule has 1 aromatic carbocycles. The van der Waals surface area contributed by atoms with E-state index in [4.69, 9.17) is 0 Å². The van der Waals surface area contributed by atoms with Crippen molar-refractivity contribution < 1.29 is 9.18 Å². The van der Waals surface area contributed by atoms with Crippen molar-refractivity contribution in [2.75, 3.05) is 49.6 Å². The van der Waals surface area contributed by atoms with Crippen LogP contribution in [0.25, 0.3) is 0 Å². The van der Waals surface area contributed by atoms with Crippen molar-refractivity contribution in [2.45, 2.75) is 44.9 Å². The Balaban J connectivity index is 1.30. The molecule has 1 N–H and O–H groups in total. The number of carbonyl (C=O) groups is 1. The van der Waals surface area contributed by atoms with Gasteiger partial charge in [0.25, 0.3) is 0 Å². The van der Waals surface area contributed by atoms with Crippen molar-refractivity contribution in [3.05, 3.63) is 53.7 Å². The van der Waals surface area contributed by atoms with Crippen LogP contribution in [0.3, 0.4) is 0 Å². The smallest absolute Gasteiger partial charge is 0.231 e. The van der Waals surface area contributed by atoms with E-state index in [9.17, 15) is 9.18 Å². The summed E-state index contributed by atoms with van der Waals surface area (Å²) < 4.78 is 13.3. The number of hydrogen-bond acceptors (Lipinski definition) is 5. The molecule has 6 nitrogen and oxygen atoms in total. The summed E-state index contributed by atoms with van der Waals surface area (Å²) in [5, 5.41) is 3.47. The van der Waals surface area contributed by atoms with E-state index in [0.717, 1.165) is 43.2 Å².